The van der Waals surface area contributed by atoms with Crippen molar-refractivity contribution in [1.29, 1.82) is 0 Å². The van der Waals surface area contributed by atoms with Crippen LogP contribution in [0.5, 0.6) is 5.75 Å². The van der Waals surface area contributed by atoms with E-state index >= 15 is 0 Å². The highest BCUT2D eigenvalue weighted by atomic mass is 32.2. The molecule has 0 unspecified atom stereocenters. The largest absolute Gasteiger partial charge is 0.482 e. The fourth-order valence-corrected chi connectivity index (χ4v) is 5.54. The lowest BCUT2D eigenvalue weighted by Crippen LogP contribution is -2.29. The van der Waals surface area contributed by atoms with Crippen LogP contribution >= 0.6 is 0 Å². The minimum atomic E-state index is -3.71. The number of carbonyl (C=O) groups is 1. The lowest BCUT2D eigenvalue weighted by atomic mass is 9.93. The van der Waals surface area contributed by atoms with Gasteiger partial charge in [-0.25, -0.2) is 13.2 Å². The number of carboxylic acid groups (broad SMARTS) is 1. The molecule has 0 radical (unpaired) electrons. The van der Waals surface area contributed by atoms with Crippen molar-refractivity contribution < 1.29 is 23.1 Å². The number of hydrogen-bond acceptors (Lipinski definition) is 4. The summed E-state index contributed by atoms with van der Waals surface area (Å²) in [6.07, 6.45) is 3.13. The minimum absolute atomic E-state index is 0.108. The van der Waals surface area contributed by atoms with Crippen molar-refractivity contribution in [3.8, 4) is 5.75 Å². The molecule has 1 aliphatic rings. The van der Waals surface area contributed by atoms with Gasteiger partial charge in [0.25, 0.3) is 0 Å². The third-order valence-electron chi connectivity index (χ3n) is 5.57. The summed E-state index contributed by atoms with van der Waals surface area (Å²) in [7, 11) is -3.71. The van der Waals surface area contributed by atoms with Gasteiger partial charge >= 0.3 is 5.97 Å². The van der Waals surface area contributed by atoms with Gasteiger partial charge in [-0.2, -0.15) is 0 Å². The maximum atomic E-state index is 13.3. The fraction of sp³-hybridized carbons (Fsp3) is 0.192. The second kappa shape index (κ2) is 9.92. The summed E-state index contributed by atoms with van der Waals surface area (Å²) in [4.78, 5) is 10.9. The molecule has 3 aromatic rings. The Morgan fingerprint density at radius 2 is 1.58 bits per heavy atom. The number of ether oxygens (including phenoxy) is 1. The van der Waals surface area contributed by atoms with Crippen molar-refractivity contribution in [3.05, 3.63) is 107 Å². The van der Waals surface area contributed by atoms with E-state index in [0.717, 1.165) is 16.7 Å². The summed E-state index contributed by atoms with van der Waals surface area (Å²) in [5.41, 5.74) is 3.87. The van der Waals surface area contributed by atoms with Crippen LogP contribution in [-0.2, 0) is 21.2 Å². The lowest BCUT2D eigenvalue weighted by molar-refractivity contribution is -0.139. The first kappa shape index (κ1) is 22.6. The second-order valence-corrected chi connectivity index (χ2v) is 9.65. The molecule has 6 nitrogen and oxygen atoms in total. The van der Waals surface area contributed by atoms with Gasteiger partial charge in [-0.1, -0.05) is 78.9 Å². The number of nitrogens with one attached hydrogen (secondary N) is 1. The van der Waals surface area contributed by atoms with E-state index in [1.807, 2.05) is 72.8 Å². The number of hydrogen-bond donors (Lipinski definition) is 2. The van der Waals surface area contributed by atoms with Crippen molar-refractivity contribution in [2.45, 2.75) is 18.8 Å². The zero-order chi connectivity index (χ0) is 23.3. The van der Waals surface area contributed by atoms with E-state index in [9.17, 15) is 13.2 Å². The molecule has 0 aromatic heterocycles. The van der Waals surface area contributed by atoms with Crippen LogP contribution in [0.2, 0.25) is 0 Å². The molecule has 0 fully saturated rings. The number of benzene rings is 3. The molecule has 0 saturated heterocycles. The lowest BCUT2D eigenvalue weighted by Gasteiger charge is -2.23. The molecule has 0 amide bonds. The third-order valence-corrected chi connectivity index (χ3v) is 6.88. The van der Waals surface area contributed by atoms with Gasteiger partial charge in [-0.3, -0.25) is 4.72 Å². The van der Waals surface area contributed by atoms with Crippen molar-refractivity contribution in [2.24, 2.45) is 0 Å². The van der Waals surface area contributed by atoms with Gasteiger partial charge in [-0.05, 0) is 30.0 Å². The van der Waals surface area contributed by atoms with Crippen LogP contribution in [0.15, 0.2) is 84.9 Å². The summed E-state index contributed by atoms with van der Waals surface area (Å²) in [6.45, 7) is -0.447. The average molecular weight is 464 g/mol. The monoisotopic (exact) mass is 463 g/mol. The van der Waals surface area contributed by atoms with Gasteiger partial charge < -0.3 is 9.84 Å². The summed E-state index contributed by atoms with van der Waals surface area (Å²) in [5.74, 6) is -1.03. The Balaban J connectivity index is 1.60. The molecule has 3 aromatic carbocycles. The SMILES string of the molecule is O=C(O)COc1cccc2c1CCC=C2NS(=O)(=O)CC(c1ccccc1)c1ccccc1. The summed E-state index contributed by atoms with van der Waals surface area (Å²) in [6, 6.07) is 24.5. The van der Waals surface area contributed by atoms with Crippen LogP contribution in [0, 0.1) is 0 Å². The van der Waals surface area contributed by atoms with Crippen LogP contribution in [0.1, 0.15) is 34.6 Å². The molecule has 0 atom stereocenters. The number of sulfonamides is 1. The van der Waals surface area contributed by atoms with Crippen molar-refractivity contribution in [2.75, 3.05) is 12.4 Å². The molecule has 0 bridgehead atoms. The summed E-state index contributed by atoms with van der Waals surface area (Å²) < 4.78 is 34.8. The highest BCUT2D eigenvalue weighted by Gasteiger charge is 2.25. The standard InChI is InChI=1S/C26H25NO5S/c28-26(29)17-32-25-16-8-13-21-22(25)14-7-15-24(21)27-33(30,31)18-23(19-9-3-1-4-10-19)20-11-5-2-6-12-20/h1-6,8-13,15-16,23,27H,7,14,17-18H2,(H,28,29). The van der Waals surface area contributed by atoms with Gasteiger partial charge in [0.1, 0.15) is 5.75 Å². The van der Waals surface area contributed by atoms with E-state index in [2.05, 4.69) is 4.72 Å². The molecule has 0 aliphatic heterocycles. The molecule has 0 spiro atoms. The maximum absolute atomic E-state index is 13.3. The summed E-state index contributed by atoms with van der Waals surface area (Å²) >= 11 is 0. The molecule has 7 heteroatoms. The highest BCUT2D eigenvalue weighted by Crippen LogP contribution is 2.33. The van der Waals surface area contributed by atoms with E-state index in [0.29, 0.717) is 29.9 Å². The summed E-state index contributed by atoms with van der Waals surface area (Å²) in [5, 5.41) is 8.93. The first-order valence-corrected chi connectivity index (χ1v) is 12.4. The molecule has 33 heavy (non-hydrogen) atoms. The first-order valence-electron chi connectivity index (χ1n) is 10.7. The van der Waals surface area contributed by atoms with Gasteiger partial charge in [-0.15, -0.1) is 0 Å². The second-order valence-electron chi connectivity index (χ2n) is 7.88. The van der Waals surface area contributed by atoms with E-state index in [1.54, 1.807) is 12.1 Å². The minimum Gasteiger partial charge on any atom is -0.482 e. The fourth-order valence-electron chi connectivity index (χ4n) is 4.10. The average Bonchev–Trinajstić information content (AvgIpc) is 2.82. The van der Waals surface area contributed by atoms with Crippen molar-refractivity contribution >= 4 is 21.7 Å². The molecular formula is C26H25NO5S. The van der Waals surface area contributed by atoms with Crippen LogP contribution in [-0.4, -0.2) is 31.9 Å². The molecule has 4 rings (SSSR count). The van der Waals surface area contributed by atoms with Crippen LogP contribution in [0.4, 0.5) is 0 Å². The molecule has 170 valence electrons. The molecule has 1 aliphatic carbocycles. The predicted octanol–water partition coefficient (Wildman–Crippen LogP) is 4.19. The Bertz CT molecular complexity index is 1210. The van der Waals surface area contributed by atoms with Crippen LogP contribution in [0.25, 0.3) is 5.70 Å². The van der Waals surface area contributed by atoms with Gasteiger partial charge in [0.05, 0.1) is 11.4 Å². The Kier molecular flexibility index (Phi) is 6.79. The van der Waals surface area contributed by atoms with Crippen molar-refractivity contribution in [1.82, 2.24) is 4.72 Å². The van der Waals surface area contributed by atoms with E-state index in [4.69, 9.17) is 9.84 Å². The number of aliphatic carboxylic acids is 1. The zero-order valence-electron chi connectivity index (χ0n) is 18.0. The van der Waals surface area contributed by atoms with E-state index in [-0.39, 0.29) is 11.7 Å². The Hall–Kier alpha value is -3.58. The topological polar surface area (TPSA) is 92.7 Å². The molecular weight excluding hydrogens is 438 g/mol. The predicted molar refractivity (Wildman–Crippen MR) is 128 cm³/mol. The third kappa shape index (κ3) is 5.62. The zero-order valence-corrected chi connectivity index (χ0v) is 18.8. The van der Waals surface area contributed by atoms with Crippen molar-refractivity contribution in [3.63, 3.8) is 0 Å². The smallest absolute Gasteiger partial charge is 0.341 e. The normalized spacial score (nSPS) is 13.2. The van der Waals surface area contributed by atoms with Gasteiger partial charge in [0, 0.05) is 17.0 Å². The Labute approximate surface area is 193 Å². The molecule has 0 heterocycles. The van der Waals surface area contributed by atoms with Crippen LogP contribution < -0.4 is 9.46 Å². The van der Waals surface area contributed by atoms with Crippen LogP contribution in [0.3, 0.4) is 0 Å². The quantitative estimate of drug-likeness (QED) is 0.496. The highest BCUT2D eigenvalue weighted by molar-refractivity contribution is 7.89. The number of fused-ring (bicyclic) bond motifs is 1. The molecule has 0 saturated carbocycles. The van der Waals surface area contributed by atoms with Gasteiger partial charge in [0.2, 0.25) is 10.0 Å². The number of rotatable bonds is 9. The van der Waals surface area contributed by atoms with E-state index < -0.39 is 22.6 Å². The Morgan fingerprint density at radius 1 is 0.939 bits per heavy atom. The Morgan fingerprint density at radius 3 is 2.18 bits per heavy atom. The number of carboxylic acids is 1. The van der Waals surface area contributed by atoms with E-state index in [1.165, 1.54) is 0 Å². The number of allylic oxidation sites excluding steroid dienone is 1. The van der Waals surface area contributed by atoms with Gasteiger partial charge in [0.15, 0.2) is 6.61 Å². The first-order chi connectivity index (χ1) is 15.9. The molecule has 2 N–H and O–H groups in total. The maximum Gasteiger partial charge on any atom is 0.341 e.